The number of benzene rings is 2. The van der Waals surface area contributed by atoms with Crippen molar-refractivity contribution in [3.63, 3.8) is 0 Å². The van der Waals surface area contributed by atoms with E-state index in [1.807, 2.05) is 47.2 Å². The van der Waals surface area contributed by atoms with Crippen molar-refractivity contribution < 1.29 is 9.53 Å². The fourth-order valence-electron chi connectivity index (χ4n) is 2.87. The van der Waals surface area contributed by atoms with Crippen molar-refractivity contribution in [2.75, 3.05) is 11.9 Å². The number of ether oxygens (including phenoxy) is 1. The van der Waals surface area contributed by atoms with E-state index in [0.29, 0.717) is 12.2 Å². The maximum atomic E-state index is 12.5. The molecule has 2 heterocycles. The molecule has 120 valence electrons. The maximum Gasteiger partial charge on any atom is 0.255 e. The van der Waals surface area contributed by atoms with E-state index in [1.54, 1.807) is 18.6 Å². The minimum Gasteiger partial charge on any atom is -0.493 e. The zero-order valence-corrected chi connectivity index (χ0v) is 13.1. The van der Waals surface area contributed by atoms with Gasteiger partial charge in [-0.3, -0.25) is 4.79 Å². The minimum absolute atomic E-state index is 0.107. The van der Waals surface area contributed by atoms with Crippen molar-refractivity contribution in [3.8, 4) is 5.75 Å². The Labute approximate surface area is 139 Å². The third-order valence-electron chi connectivity index (χ3n) is 4.06. The fourth-order valence-corrected chi connectivity index (χ4v) is 2.87. The summed E-state index contributed by atoms with van der Waals surface area (Å²) in [7, 11) is 0. The van der Waals surface area contributed by atoms with Gasteiger partial charge in [0.05, 0.1) is 12.9 Å². The average molecular weight is 319 g/mol. The number of rotatable bonds is 4. The molecule has 1 aliphatic heterocycles. The number of hydrogen-bond donors (Lipinski definition) is 1. The molecule has 2 aromatic carbocycles. The van der Waals surface area contributed by atoms with E-state index in [2.05, 4.69) is 10.3 Å². The van der Waals surface area contributed by atoms with Crippen molar-refractivity contribution in [3.05, 3.63) is 77.9 Å². The van der Waals surface area contributed by atoms with Gasteiger partial charge >= 0.3 is 0 Å². The van der Waals surface area contributed by atoms with Gasteiger partial charge in [0, 0.05) is 36.6 Å². The highest BCUT2D eigenvalue weighted by Gasteiger charge is 2.15. The lowest BCUT2D eigenvalue weighted by Crippen LogP contribution is -2.12. The first-order valence-corrected chi connectivity index (χ1v) is 7.90. The number of anilines is 1. The van der Waals surface area contributed by atoms with E-state index in [1.165, 1.54) is 0 Å². The molecule has 1 aliphatic rings. The van der Waals surface area contributed by atoms with Gasteiger partial charge in [0.2, 0.25) is 0 Å². The molecule has 4 rings (SSSR count). The van der Waals surface area contributed by atoms with Gasteiger partial charge in [0.25, 0.3) is 5.91 Å². The Morgan fingerprint density at radius 1 is 1.25 bits per heavy atom. The van der Waals surface area contributed by atoms with E-state index in [9.17, 15) is 4.79 Å². The lowest BCUT2D eigenvalue weighted by atomic mass is 10.1. The van der Waals surface area contributed by atoms with Gasteiger partial charge in [0.15, 0.2) is 0 Å². The number of hydrogen-bond acceptors (Lipinski definition) is 3. The monoisotopic (exact) mass is 319 g/mol. The molecule has 24 heavy (non-hydrogen) atoms. The van der Waals surface area contributed by atoms with Gasteiger partial charge in [-0.1, -0.05) is 12.1 Å². The van der Waals surface area contributed by atoms with Crippen LogP contribution in [0.3, 0.4) is 0 Å². The molecule has 0 bridgehead atoms. The largest absolute Gasteiger partial charge is 0.493 e. The summed E-state index contributed by atoms with van der Waals surface area (Å²) in [4.78, 5) is 16.5. The molecule has 1 amide bonds. The van der Waals surface area contributed by atoms with E-state index >= 15 is 0 Å². The quantitative estimate of drug-likeness (QED) is 0.804. The Morgan fingerprint density at radius 3 is 3.08 bits per heavy atom. The molecule has 0 atom stereocenters. The zero-order valence-electron chi connectivity index (χ0n) is 13.1. The highest BCUT2D eigenvalue weighted by atomic mass is 16.5. The number of carbonyl (C=O) groups is 1. The number of imidazole rings is 1. The summed E-state index contributed by atoms with van der Waals surface area (Å²) in [6, 6.07) is 13.4. The molecular formula is C19H17N3O2. The number of fused-ring (bicyclic) bond motifs is 1. The Bertz CT molecular complexity index is 872. The molecule has 0 saturated heterocycles. The van der Waals surface area contributed by atoms with Gasteiger partial charge in [-0.2, -0.15) is 0 Å². The Morgan fingerprint density at radius 2 is 2.21 bits per heavy atom. The summed E-state index contributed by atoms with van der Waals surface area (Å²) < 4.78 is 7.47. The van der Waals surface area contributed by atoms with Crippen LogP contribution < -0.4 is 10.1 Å². The highest BCUT2D eigenvalue weighted by molar-refractivity contribution is 6.04. The van der Waals surface area contributed by atoms with Crippen LogP contribution in [-0.2, 0) is 13.0 Å². The Kier molecular flexibility index (Phi) is 3.75. The van der Waals surface area contributed by atoms with Crippen molar-refractivity contribution in [2.45, 2.75) is 13.0 Å². The van der Waals surface area contributed by atoms with Gasteiger partial charge in [-0.25, -0.2) is 4.98 Å². The minimum atomic E-state index is -0.107. The van der Waals surface area contributed by atoms with Crippen molar-refractivity contribution >= 4 is 11.6 Å². The molecule has 5 nitrogen and oxygen atoms in total. The first-order valence-electron chi connectivity index (χ1n) is 7.90. The number of amides is 1. The molecule has 3 aromatic rings. The van der Waals surface area contributed by atoms with E-state index < -0.39 is 0 Å². The van der Waals surface area contributed by atoms with Crippen LogP contribution >= 0.6 is 0 Å². The second kappa shape index (κ2) is 6.20. The summed E-state index contributed by atoms with van der Waals surface area (Å²) in [6.45, 7) is 1.41. The first-order chi connectivity index (χ1) is 11.8. The summed E-state index contributed by atoms with van der Waals surface area (Å²) in [6.07, 6.45) is 6.30. The second-order valence-corrected chi connectivity index (χ2v) is 5.81. The number of nitrogens with one attached hydrogen (secondary N) is 1. The van der Waals surface area contributed by atoms with E-state index in [4.69, 9.17) is 4.74 Å². The molecule has 0 spiro atoms. The zero-order chi connectivity index (χ0) is 16.4. The van der Waals surface area contributed by atoms with Crippen LogP contribution in [0.4, 0.5) is 5.69 Å². The van der Waals surface area contributed by atoms with Crippen LogP contribution in [0.5, 0.6) is 5.75 Å². The average Bonchev–Trinajstić information content (AvgIpc) is 3.25. The van der Waals surface area contributed by atoms with Gasteiger partial charge in [-0.15, -0.1) is 0 Å². The molecule has 1 N–H and O–H groups in total. The van der Waals surface area contributed by atoms with Crippen LogP contribution in [0.1, 0.15) is 21.5 Å². The molecular weight excluding hydrogens is 302 g/mol. The molecule has 0 radical (unpaired) electrons. The maximum absolute atomic E-state index is 12.5. The lowest BCUT2D eigenvalue weighted by molar-refractivity contribution is 0.102. The predicted octanol–water partition coefficient (Wildman–Crippen LogP) is 3.12. The summed E-state index contributed by atoms with van der Waals surface area (Å²) in [5.41, 5.74) is 3.64. The number of aromatic nitrogens is 2. The van der Waals surface area contributed by atoms with Gasteiger partial charge in [0.1, 0.15) is 5.75 Å². The van der Waals surface area contributed by atoms with E-state index in [0.717, 1.165) is 35.5 Å². The van der Waals surface area contributed by atoms with Crippen LogP contribution in [-0.4, -0.2) is 22.1 Å². The Hall–Kier alpha value is -3.08. The number of carbonyl (C=O) groups excluding carboxylic acids is 1. The molecule has 5 heteroatoms. The smallest absolute Gasteiger partial charge is 0.255 e. The summed E-state index contributed by atoms with van der Waals surface area (Å²) in [5.74, 6) is 0.776. The molecule has 0 aliphatic carbocycles. The van der Waals surface area contributed by atoms with E-state index in [-0.39, 0.29) is 5.91 Å². The molecule has 0 fully saturated rings. The molecule has 0 saturated carbocycles. The first kappa shape index (κ1) is 14.5. The van der Waals surface area contributed by atoms with Crippen molar-refractivity contribution in [2.24, 2.45) is 0 Å². The lowest BCUT2D eigenvalue weighted by Gasteiger charge is -2.09. The van der Waals surface area contributed by atoms with Crippen LogP contribution in [0.25, 0.3) is 0 Å². The van der Waals surface area contributed by atoms with Gasteiger partial charge in [-0.05, 0) is 41.5 Å². The van der Waals surface area contributed by atoms with Crippen LogP contribution in [0.15, 0.2) is 61.2 Å². The second-order valence-electron chi connectivity index (χ2n) is 5.81. The standard InChI is InChI=1S/C19H17N3O2/c23-19(16-4-5-18-15(11-16)6-9-24-18)21-17-3-1-2-14(10-17)12-22-8-7-20-13-22/h1-5,7-8,10-11,13H,6,9,12H2,(H,21,23). The third kappa shape index (κ3) is 3.01. The van der Waals surface area contributed by atoms with Crippen LogP contribution in [0, 0.1) is 0 Å². The third-order valence-corrected chi connectivity index (χ3v) is 4.06. The topological polar surface area (TPSA) is 56.2 Å². The fraction of sp³-hybridized carbons (Fsp3) is 0.158. The summed E-state index contributed by atoms with van der Waals surface area (Å²) in [5, 5.41) is 2.96. The molecule has 1 aromatic heterocycles. The van der Waals surface area contributed by atoms with Gasteiger partial charge < -0.3 is 14.6 Å². The normalized spacial score (nSPS) is 12.5. The van der Waals surface area contributed by atoms with Crippen LogP contribution in [0.2, 0.25) is 0 Å². The molecule has 0 unspecified atom stereocenters. The van der Waals surface area contributed by atoms with Crippen molar-refractivity contribution in [1.29, 1.82) is 0 Å². The summed E-state index contributed by atoms with van der Waals surface area (Å²) >= 11 is 0. The van der Waals surface area contributed by atoms with Crippen molar-refractivity contribution in [1.82, 2.24) is 9.55 Å². The SMILES string of the molecule is O=C(Nc1cccc(Cn2ccnc2)c1)c1ccc2c(c1)CCO2. The predicted molar refractivity (Wildman–Crippen MR) is 91.4 cm³/mol. The Balaban J connectivity index is 1.49. The highest BCUT2D eigenvalue weighted by Crippen LogP contribution is 2.26. The number of nitrogens with zero attached hydrogens (tertiary/aromatic N) is 2.